The van der Waals surface area contributed by atoms with Gasteiger partial charge in [-0.05, 0) is 72.6 Å². The zero-order valence-corrected chi connectivity index (χ0v) is 21.0. The maximum Gasteiger partial charge on any atom is 0.147 e. The third kappa shape index (κ3) is 2.67. The van der Waals surface area contributed by atoms with Crippen molar-refractivity contribution in [1.29, 1.82) is 0 Å². The van der Waals surface area contributed by atoms with Gasteiger partial charge >= 0.3 is 0 Å². The summed E-state index contributed by atoms with van der Waals surface area (Å²) < 4.78 is 24.8. The topological polar surface area (TPSA) is 52.6 Å². The summed E-state index contributed by atoms with van der Waals surface area (Å²) in [4.78, 5) is 0. The summed E-state index contributed by atoms with van der Waals surface area (Å²) in [6.45, 7) is 5.94. The Bertz CT molecular complexity index is 2470. The van der Waals surface area contributed by atoms with E-state index in [1.165, 1.54) is 0 Å². The molecule has 9 rings (SSSR count). The second-order valence-corrected chi connectivity index (χ2v) is 10.1. The molecular formula is C35H20O4. The minimum absolute atomic E-state index is 0.811. The lowest BCUT2D eigenvalue weighted by Gasteiger charge is -2.02. The van der Waals surface area contributed by atoms with Gasteiger partial charge in [0.05, 0.1) is 10.8 Å². The molecule has 5 aromatic carbocycles. The molecule has 0 radical (unpaired) electrons. The lowest BCUT2D eigenvalue weighted by molar-refractivity contribution is 0.577. The Balaban J connectivity index is 1.27. The van der Waals surface area contributed by atoms with Crippen LogP contribution in [-0.2, 0) is 0 Å². The van der Waals surface area contributed by atoms with Gasteiger partial charge in [-0.2, -0.15) is 0 Å². The summed E-state index contributed by atoms with van der Waals surface area (Å²) in [5.74, 6) is 0.843. The number of aryl methyl sites for hydroxylation is 1. The molecule has 0 aliphatic heterocycles. The highest BCUT2D eigenvalue weighted by atomic mass is 16.4. The van der Waals surface area contributed by atoms with Crippen molar-refractivity contribution in [3.63, 3.8) is 0 Å². The summed E-state index contributed by atoms with van der Waals surface area (Å²) in [7, 11) is 0. The molecule has 0 amide bonds. The second-order valence-electron chi connectivity index (χ2n) is 10.1. The van der Waals surface area contributed by atoms with Crippen LogP contribution in [-0.4, -0.2) is 0 Å². The van der Waals surface area contributed by atoms with Crippen molar-refractivity contribution < 1.29 is 17.7 Å². The van der Waals surface area contributed by atoms with Crippen LogP contribution in [0.1, 0.15) is 11.3 Å². The van der Waals surface area contributed by atoms with Gasteiger partial charge in [0.15, 0.2) is 0 Å². The number of para-hydroxylation sites is 1. The van der Waals surface area contributed by atoms with Crippen molar-refractivity contribution >= 4 is 82.9 Å². The average molecular weight is 505 g/mol. The maximum absolute atomic E-state index is 6.41. The summed E-state index contributed by atoms with van der Waals surface area (Å²) >= 11 is 0. The van der Waals surface area contributed by atoms with Crippen molar-refractivity contribution in [1.82, 2.24) is 0 Å². The monoisotopic (exact) mass is 504 g/mol. The number of rotatable bonds is 2. The molecule has 0 aliphatic carbocycles. The molecule has 184 valence electrons. The SMILES string of the molecule is C=Cc1c(C)oc2ccc3c4cc(-c5ccc6oc7c(ccc8oc9ccccc9c87)c6c5)ccc4oc3c12. The van der Waals surface area contributed by atoms with E-state index in [0.29, 0.717) is 0 Å². The summed E-state index contributed by atoms with van der Waals surface area (Å²) in [5, 5.41) is 7.35. The minimum atomic E-state index is 0.811. The van der Waals surface area contributed by atoms with Crippen LogP contribution < -0.4 is 0 Å². The van der Waals surface area contributed by atoms with E-state index >= 15 is 0 Å². The fraction of sp³-hybridized carbons (Fsp3) is 0.0286. The van der Waals surface area contributed by atoms with Gasteiger partial charge in [-0.1, -0.05) is 43.0 Å². The molecule has 0 spiro atoms. The van der Waals surface area contributed by atoms with E-state index in [1.807, 2.05) is 43.3 Å². The molecule has 0 saturated heterocycles. The highest BCUT2D eigenvalue weighted by molar-refractivity contribution is 6.22. The summed E-state index contributed by atoms with van der Waals surface area (Å²) in [6, 6.07) is 29.1. The molecule has 0 saturated carbocycles. The van der Waals surface area contributed by atoms with Gasteiger partial charge in [0.2, 0.25) is 0 Å². The Morgan fingerprint density at radius 3 is 1.74 bits per heavy atom. The predicted molar refractivity (Wildman–Crippen MR) is 158 cm³/mol. The van der Waals surface area contributed by atoms with Crippen LogP contribution in [0.15, 0.2) is 109 Å². The second kappa shape index (κ2) is 7.21. The predicted octanol–water partition coefficient (Wildman–Crippen LogP) is 10.7. The number of fused-ring (bicyclic) bond motifs is 12. The van der Waals surface area contributed by atoms with Gasteiger partial charge in [0.25, 0.3) is 0 Å². The van der Waals surface area contributed by atoms with Crippen LogP contribution in [0.2, 0.25) is 0 Å². The van der Waals surface area contributed by atoms with Gasteiger partial charge in [0.1, 0.15) is 44.8 Å². The molecule has 4 heteroatoms. The number of hydrogen-bond donors (Lipinski definition) is 0. The quantitative estimate of drug-likeness (QED) is 0.235. The van der Waals surface area contributed by atoms with Crippen LogP contribution in [0, 0.1) is 6.92 Å². The molecule has 39 heavy (non-hydrogen) atoms. The Hall–Kier alpha value is -5.22. The molecule has 0 aliphatic rings. The molecule has 9 aromatic rings. The number of benzene rings is 5. The van der Waals surface area contributed by atoms with E-state index in [-0.39, 0.29) is 0 Å². The molecule has 0 N–H and O–H groups in total. The van der Waals surface area contributed by atoms with Crippen molar-refractivity contribution in [3.05, 3.63) is 103 Å². The van der Waals surface area contributed by atoms with E-state index in [0.717, 1.165) is 99.2 Å². The largest absolute Gasteiger partial charge is 0.461 e. The summed E-state index contributed by atoms with van der Waals surface area (Å²) in [6.07, 6.45) is 1.84. The van der Waals surface area contributed by atoms with Crippen LogP contribution in [0.25, 0.3) is 94.0 Å². The Kier molecular flexibility index (Phi) is 3.84. The maximum atomic E-state index is 6.41. The smallest absolute Gasteiger partial charge is 0.147 e. The highest BCUT2D eigenvalue weighted by Crippen LogP contribution is 2.42. The fourth-order valence-electron chi connectivity index (χ4n) is 6.21. The van der Waals surface area contributed by atoms with E-state index in [2.05, 4.69) is 61.2 Å². The molecule has 0 atom stereocenters. The lowest BCUT2D eigenvalue weighted by Crippen LogP contribution is -1.78. The third-order valence-corrected chi connectivity index (χ3v) is 8.03. The fourth-order valence-corrected chi connectivity index (χ4v) is 6.21. The van der Waals surface area contributed by atoms with Crippen molar-refractivity contribution in [2.24, 2.45) is 0 Å². The van der Waals surface area contributed by atoms with Gasteiger partial charge < -0.3 is 17.7 Å². The first-order valence-electron chi connectivity index (χ1n) is 13.0. The standard InChI is InChI=1S/C35H20O4/c1-3-21-18(2)36-30-14-10-22-25-16-19(8-12-28(25)38-34(22)32(21)30)20-9-13-29-26(17-20)23-11-15-31-33(35(23)39-29)24-6-4-5-7-27(24)37-31/h3-17H,1H2,2H3. The number of furan rings is 4. The molecule has 4 aromatic heterocycles. The third-order valence-electron chi connectivity index (χ3n) is 8.03. The van der Waals surface area contributed by atoms with E-state index in [4.69, 9.17) is 17.7 Å². The van der Waals surface area contributed by atoms with Gasteiger partial charge in [0, 0.05) is 32.5 Å². The van der Waals surface area contributed by atoms with Crippen LogP contribution in [0.3, 0.4) is 0 Å². The van der Waals surface area contributed by atoms with Crippen LogP contribution in [0.5, 0.6) is 0 Å². The first-order chi connectivity index (χ1) is 19.2. The Morgan fingerprint density at radius 2 is 1.08 bits per heavy atom. The van der Waals surface area contributed by atoms with E-state index < -0.39 is 0 Å². The molecule has 0 fully saturated rings. The van der Waals surface area contributed by atoms with Crippen molar-refractivity contribution in [2.45, 2.75) is 6.92 Å². The van der Waals surface area contributed by atoms with Crippen molar-refractivity contribution in [2.75, 3.05) is 0 Å². The highest BCUT2D eigenvalue weighted by Gasteiger charge is 2.19. The first kappa shape index (κ1) is 20.8. The normalized spacial score (nSPS) is 12.3. The zero-order chi connectivity index (χ0) is 25.8. The molecule has 0 unspecified atom stereocenters. The van der Waals surface area contributed by atoms with Crippen LogP contribution >= 0.6 is 0 Å². The first-order valence-corrected chi connectivity index (χ1v) is 13.0. The molecule has 4 nitrogen and oxygen atoms in total. The van der Waals surface area contributed by atoms with Crippen LogP contribution in [0.4, 0.5) is 0 Å². The molecule has 0 bridgehead atoms. The van der Waals surface area contributed by atoms with Crippen molar-refractivity contribution in [3.8, 4) is 11.1 Å². The zero-order valence-electron chi connectivity index (χ0n) is 21.0. The van der Waals surface area contributed by atoms with Gasteiger partial charge in [-0.15, -0.1) is 0 Å². The number of hydrogen-bond acceptors (Lipinski definition) is 4. The van der Waals surface area contributed by atoms with E-state index in [9.17, 15) is 0 Å². The molecular weight excluding hydrogens is 484 g/mol. The lowest BCUT2D eigenvalue weighted by atomic mass is 10.00. The Morgan fingerprint density at radius 1 is 0.513 bits per heavy atom. The minimum Gasteiger partial charge on any atom is -0.461 e. The summed E-state index contributed by atoms with van der Waals surface area (Å²) in [5.41, 5.74) is 9.12. The molecule has 4 heterocycles. The Labute approximate surface area is 221 Å². The van der Waals surface area contributed by atoms with Gasteiger partial charge in [-0.3, -0.25) is 0 Å². The average Bonchev–Trinajstić information content (AvgIpc) is 3.70. The van der Waals surface area contributed by atoms with E-state index in [1.54, 1.807) is 0 Å². The van der Waals surface area contributed by atoms with Gasteiger partial charge in [-0.25, -0.2) is 0 Å².